The highest BCUT2D eigenvalue weighted by Crippen LogP contribution is 2.13. The monoisotopic (exact) mass is 297 g/mol. The second kappa shape index (κ2) is 8.01. The summed E-state index contributed by atoms with van der Waals surface area (Å²) in [4.78, 5) is 36.8. The molecular weight excluding hydrogens is 284 g/mol. The number of esters is 1. The number of carbonyl (C=O) groups excluding carboxylic acids is 3. The maximum Gasteiger partial charge on any atom is 0.331 e. The van der Waals surface area contributed by atoms with Crippen LogP contribution >= 0.6 is 0 Å². The van der Waals surface area contributed by atoms with Gasteiger partial charge < -0.3 is 4.74 Å². The molecule has 0 spiro atoms. The van der Waals surface area contributed by atoms with Gasteiger partial charge in [-0.15, -0.1) is 0 Å². The third-order valence-electron chi connectivity index (χ3n) is 2.65. The SMILES string of the molecule is CCOC(=O)C(CCC(=O)c1ccc(F)c(F)c1)N=C=O. The van der Waals surface area contributed by atoms with E-state index < -0.39 is 29.4 Å². The first-order valence-electron chi connectivity index (χ1n) is 6.21. The largest absolute Gasteiger partial charge is 0.464 e. The Morgan fingerprint density at radius 1 is 1.33 bits per heavy atom. The summed E-state index contributed by atoms with van der Waals surface area (Å²) in [5, 5.41) is 0. The van der Waals surface area contributed by atoms with E-state index in [-0.39, 0.29) is 25.0 Å². The van der Waals surface area contributed by atoms with Crippen LogP contribution in [-0.4, -0.2) is 30.5 Å². The minimum Gasteiger partial charge on any atom is -0.464 e. The van der Waals surface area contributed by atoms with Crippen molar-refractivity contribution in [2.45, 2.75) is 25.8 Å². The Kier molecular flexibility index (Phi) is 6.36. The Labute approximate surface area is 119 Å². The summed E-state index contributed by atoms with van der Waals surface area (Å²) in [5.41, 5.74) is -0.0217. The third-order valence-corrected chi connectivity index (χ3v) is 2.65. The fourth-order valence-electron chi connectivity index (χ4n) is 1.62. The van der Waals surface area contributed by atoms with Gasteiger partial charge in [0.15, 0.2) is 23.5 Å². The zero-order valence-electron chi connectivity index (χ0n) is 11.3. The summed E-state index contributed by atoms with van der Waals surface area (Å²) in [7, 11) is 0. The molecule has 0 aliphatic rings. The number of carbonyl (C=O) groups is 2. The lowest BCUT2D eigenvalue weighted by Crippen LogP contribution is -2.22. The number of nitrogens with zero attached hydrogens (tertiary/aromatic N) is 1. The molecule has 0 aliphatic heterocycles. The van der Waals surface area contributed by atoms with Crippen molar-refractivity contribution >= 4 is 17.8 Å². The first-order chi connectivity index (χ1) is 9.99. The number of hydrogen-bond donors (Lipinski definition) is 0. The van der Waals surface area contributed by atoms with Crippen LogP contribution in [0.5, 0.6) is 0 Å². The normalized spacial score (nSPS) is 11.4. The molecule has 0 saturated carbocycles. The molecule has 1 atom stereocenters. The zero-order chi connectivity index (χ0) is 15.8. The van der Waals surface area contributed by atoms with Gasteiger partial charge in [0.1, 0.15) is 0 Å². The summed E-state index contributed by atoms with van der Waals surface area (Å²) in [6.45, 7) is 1.70. The third kappa shape index (κ3) is 4.89. The topological polar surface area (TPSA) is 72.8 Å². The van der Waals surface area contributed by atoms with Crippen molar-refractivity contribution in [1.82, 2.24) is 0 Å². The maximum absolute atomic E-state index is 13.0. The summed E-state index contributed by atoms with van der Waals surface area (Å²) in [6, 6.07) is 1.63. The average Bonchev–Trinajstić information content (AvgIpc) is 2.46. The number of ether oxygens (including phenoxy) is 1. The molecule has 1 unspecified atom stereocenters. The van der Waals surface area contributed by atoms with Crippen molar-refractivity contribution in [3.8, 4) is 0 Å². The maximum atomic E-state index is 13.0. The summed E-state index contributed by atoms with van der Waals surface area (Å²) in [6.07, 6.45) is 0.996. The Bertz CT molecular complexity index is 582. The van der Waals surface area contributed by atoms with Crippen molar-refractivity contribution in [3.63, 3.8) is 0 Å². The molecule has 0 bridgehead atoms. The molecule has 1 aromatic carbocycles. The van der Waals surface area contributed by atoms with E-state index in [9.17, 15) is 23.2 Å². The van der Waals surface area contributed by atoms with Gasteiger partial charge in [-0.2, -0.15) is 4.99 Å². The molecular formula is C14H13F2NO4. The van der Waals surface area contributed by atoms with E-state index in [2.05, 4.69) is 4.99 Å². The number of ketones is 1. The lowest BCUT2D eigenvalue weighted by molar-refractivity contribution is -0.144. The molecule has 1 rings (SSSR count). The summed E-state index contributed by atoms with van der Waals surface area (Å²) >= 11 is 0. The predicted molar refractivity (Wildman–Crippen MR) is 68.5 cm³/mol. The van der Waals surface area contributed by atoms with Crippen LogP contribution in [-0.2, 0) is 14.3 Å². The van der Waals surface area contributed by atoms with Gasteiger partial charge in [-0.1, -0.05) is 0 Å². The molecule has 0 aliphatic carbocycles. The number of hydrogen-bond acceptors (Lipinski definition) is 5. The summed E-state index contributed by atoms with van der Waals surface area (Å²) in [5.74, 6) is -3.42. The van der Waals surface area contributed by atoms with Crippen molar-refractivity contribution in [2.75, 3.05) is 6.61 Å². The Hall–Kier alpha value is -2.40. The molecule has 0 aromatic heterocycles. The predicted octanol–water partition coefficient (Wildman–Crippen LogP) is 2.20. The fraction of sp³-hybridized carbons (Fsp3) is 0.357. The van der Waals surface area contributed by atoms with E-state index in [0.717, 1.165) is 18.2 Å². The van der Waals surface area contributed by atoms with Crippen LogP contribution in [0.15, 0.2) is 23.2 Å². The number of halogens is 2. The van der Waals surface area contributed by atoms with Crippen LogP contribution < -0.4 is 0 Å². The van der Waals surface area contributed by atoms with E-state index in [0.29, 0.717) is 0 Å². The van der Waals surface area contributed by atoms with E-state index in [1.54, 1.807) is 6.92 Å². The van der Waals surface area contributed by atoms with Crippen LogP contribution in [0.2, 0.25) is 0 Å². The molecule has 1 aromatic rings. The lowest BCUT2D eigenvalue weighted by Gasteiger charge is -2.09. The molecule has 21 heavy (non-hydrogen) atoms. The first-order valence-corrected chi connectivity index (χ1v) is 6.21. The highest BCUT2D eigenvalue weighted by molar-refractivity contribution is 5.96. The highest BCUT2D eigenvalue weighted by atomic mass is 19.2. The van der Waals surface area contributed by atoms with Crippen LogP contribution in [0.3, 0.4) is 0 Å². The Balaban J connectivity index is 2.70. The number of isocyanates is 1. The van der Waals surface area contributed by atoms with Crippen LogP contribution in [0.4, 0.5) is 8.78 Å². The van der Waals surface area contributed by atoms with E-state index in [1.807, 2.05) is 0 Å². The number of benzene rings is 1. The van der Waals surface area contributed by atoms with Gasteiger partial charge in [-0.3, -0.25) is 4.79 Å². The van der Waals surface area contributed by atoms with Gasteiger partial charge in [0.25, 0.3) is 0 Å². The summed E-state index contributed by atoms with van der Waals surface area (Å²) < 4.78 is 30.5. The van der Waals surface area contributed by atoms with Crippen molar-refractivity contribution in [1.29, 1.82) is 0 Å². The second-order valence-corrected chi connectivity index (χ2v) is 4.08. The standard InChI is InChI=1S/C14H13F2NO4/c1-2-21-14(20)12(17-8-18)5-6-13(19)9-3-4-10(15)11(16)7-9/h3-4,7,12H,2,5-6H2,1H3. The van der Waals surface area contributed by atoms with Crippen LogP contribution in [0.1, 0.15) is 30.1 Å². The van der Waals surface area contributed by atoms with Gasteiger partial charge >= 0.3 is 5.97 Å². The molecule has 0 heterocycles. The zero-order valence-corrected chi connectivity index (χ0v) is 11.3. The number of Topliss-reactive ketones (excluding diaryl/α,β-unsaturated/α-hetero) is 1. The van der Waals surface area contributed by atoms with Gasteiger partial charge in [-0.25, -0.2) is 18.4 Å². The van der Waals surface area contributed by atoms with Gasteiger partial charge in [0, 0.05) is 12.0 Å². The van der Waals surface area contributed by atoms with Crippen LogP contribution in [0.25, 0.3) is 0 Å². The number of rotatable bonds is 7. The van der Waals surface area contributed by atoms with Crippen molar-refractivity contribution < 1.29 is 27.9 Å². The number of aliphatic imine (C=N–C) groups is 1. The van der Waals surface area contributed by atoms with Gasteiger partial charge in [0.05, 0.1) is 6.61 Å². The quantitative estimate of drug-likeness (QED) is 0.335. The lowest BCUT2D eigenvalue weighted by atomic mass is 10.0. The minimum atomic E-state index is -1.13. The molecule has 5 nitrogen and oxygen atoms in total. The molecule has 112 valence electrons. The van der Waals surface area contributed by atoms with Gasteiger partial charge in [-0.05, 0) is 31.5 Å². The Morgan fingerprint density at radius 2 is 2.05 bits per heavy atom. The molecule has 0 radical (unpaired) electrons. The van der Waals surface area contributed by atoms with Crippen molar-refractivity contribution in [3.05, 3.63) is 35.4 Å². The fourth-order valence-corrected chi connectivity index (χ4v) is 1.62. The van der Waals surface area contributed by atoms with Crippen molar-refractivity contribution in [2.24, 2.45) is 4.99 Å². The minimum absolute atomic E-state index is 0.0217. The second-order valence-electron chi connectivity index (χ2n) is 4.08. The first kappa shape index (κ1) is 16.7. The average molecular weight is 297 g/mol. The van der Waals surface area contributed by atoms with Gasteiger partial charge in [0.2, 0.25) is 6.08 Å². The van der Waals surface area contributed by atoms with Crippen LogP contribution in [0, 0.1) is 11.6 Å². The smallest absolute Gasteiger partial charge is 0.331 e. The molecule has 0 fully saturated rings. The Morgan fingerprint density at radius 3 is 2.62 bits per heavy atom. The highest BCUT2D eigenvalue weighted by Gasteiger charge is 2.21. The van der Waals surface area contributed by atoms with E-state index in [4.69, 9.17) is 4.74 Å². The molecule has 0 saturated heterocycles. The molecule has 0 amide bonds. The molecule has 7 heteroatoms. The van der Waals surface area contributed by atoms with E-state index >= 15 is 0 Å². The molecule has 0 N–H and O–H groups in total. The van der Waals surface area contributed by atoms with E-state index in [1.165, 1.54) is 6.08 Å².